The highest BCUT2D eigenvalue weighted by atomic mass is 16.3. The highest BCUT2D eigenvalue weighted by molar-refractivity contribution is 5.86. The number of aliphatic hydroxyl groups is 1. The molecule has 0 radical (unpaired) electrons. The molecule has 1 aliphatic carbocycles. The molecule has 1 fully saturated rings. The zero-order valence-electron chi connectivity index (χ0n) is 9.68. The summed E-state index contributed by atoms with van der Waals surface area (Å²) in [4.78, 5) is 11.9. The first-order chi connectivity index (χ1) is 6.90. The van der Waals surface area contributed by atoms with Crippen molar-refractivity contribution in [3.05, 3.63) is 0 Å². The second kappa shape index (κ2) is 4.49. The van der Waals surface area contributed by atoms with Gasteiger partial charge < -0.3 is 16.2 Å². The van der Waals surface area contributed by atoms with Gasteiger partial charge in [0.2, 0.25) is 5.91 Å². The van der Waals surface area contributed by atoms with Gasteiger partial charge in [-0.1, -0.05) is 19.3 Å². The molecule has 15 heavy (non-hydrogen) atoms. The maximum atomic E-state index is 11.9. The third-order valence-electron chi connectivity index (χ3n) is 3.05. The Labute approximate surface area is 91.2 Å². The summed E-state index contributed by atoms with van der Waals surface area (Å²) in [7, 11) is 0. The van der Waals surface area contributed by atoms with Crippen molar-refractivity contribution in [3.63, 3.8) is 0 Å². The Hall–Kier alpha value is -0.610. The van der Waals surface area contributed by atoms with Crippen LogP contribution in [-0.4, -0.2) is 28.7 Å². The fourth-order valence-corrected chi connectivity index (χ4v) is 1.88. The summed E-state index contributed by atoms with van der Waals surface area (Å²) >= 11 is 0. The topological polar surface area (TPSA) is 75.3 Å². The van der Waals surface area contributed by atoms with Crippen LogP contribution in [0.3, 0.4) is 0 Å². The van der Waals surface area contributed by atoms with Gasteiger partial charge in [-0.2, -0.15) is 0 Å². The molecule has 1 rings (SSSR count). The molecule has 0 spiro atoms. The molecule has 4 nitrogen and oxygen atoms in total. The van der Waals surface area contributed by atoms with E-state index in [1.807, 2.05) is 0 Å². The summed E-state index contributed by atoms with van der Waals surface area (Å²) in [5.41, 5.74) is 4.77. The predicted molar refractivity (Wildman–Crippen MR) is 59.3 cm³/mol. The first-order valence-corrected chi connectivity index (χ1v) is 5.62. The Morgan fingerprint density at radius 3 is 2.40 bits per heavy atom. The fraction of sp³-hybridized carbons (Fsp3) is 0.909. The maximum absolute atomic E-state index is 11.9. The predicted octanol–water partition coefficient (Wildman–Crippen LogP) is 0.535. The molecule has 0 aromatic heterocycles. The standard InChI is InChI=1S/C11H22N2O2/c1-10(2,8-14)13-9(15)11(12)6-4-3-5-7-11/h14H,3-8,12H2,1-2H3,(H,13,15). The zero-order valence-corrected chi connectivity index (χ0v) is 9.68. The van der Waals surface area contributed by atoms with Gasteiger partial charge in [0.1, 0.15) is 0 Å². The number of hydrogen-bond donors (Lipinski definition) is 3. The lowest BCUT2D eigenvalue weighted by Gasteiger charge is -2.35. The van der Waals surface area contributed by atoms with Crippen LogP contribution in [0.25, 0.3) is 0 Å². The van der Waals surface area contributed by atoms with Gasteiger partial charge in [0.15, 0.2) is 0 Å². The number of nitrogens with two attached hydrogens (primary N) is 1. The summed E-state index contributed by atoms with van der Waals surface area (Å²) in [5, 5.41) is 11.9. The van der Waals surface area contributed by atoms with E-state index in [-0.39, 0.29) is 12.5 Å². The van der Waals surface area contributed by atoms with Crippen molar-refractivity contribution in [3.8, 4) is 0 Å². The lowest BCUT2D eigenvalue weighted by molar-refractivity contribution is -0.129. The van der Waals surface area contributed by atoms with Crippen molar-refractivity contribution in [1.82, 2.24) is 5.32 Å². The van der Waals surface area contributed by atoms with Gasteiger partial charge >= 0.3 is 0 Å². The second-order valence-electron chi connectivity index (χ2n) is 5.21. The minimum absolute atomic E-state index is 0.0746. The fourth-order valence-electron chi connectivity index (χ4n) is 1.88. The molecule has 4 heteroatoms. The number of amides is 1. The molecule has 0 aliphatic heterocycles. The number of rotatable bonds is 3. The summed E-state index contributed by atoms with van der Waals surface area (Å²) in [6, 6.07) is 0. The summed E-state index contributed by atoms with van der Waals surface area (Å²) in [6.07, 6.45) is 4.70. The molecule has 0 aromatic carbocycles. The Morgan fingerprint density at radius 1 is 1.40 bits per heavy atom. The van der Waals surface area contributed by atoms with Crippen LogP contribution in [0.5, 0.6) is 0 Å². The van der Waals surface area contributed by atoms with Crippen molar-refractivity contribution in [2.75, 3.05) is 6.61 Å². The van der Waals surface area contributed by atoms with Gasteiger partial charge in [0.05, 0.1) is 17.7 Å². The van der Waals surface area contributed by atoms with E-state index in [0.717, 1.165) is 32.1 Å². The lowest BCUT2D eigenvalue weighted by atomic mass is 9.81. The first kappa shape index (κ1) is 12.5. The van der Waals surface area contributed by atoms with E-state index >= 15 is 0 Å². The van der Waals surface area contributed by atoms with Crippen LogP contribution in [-0.2, 0) is 4.79 Å². The van der Waals surface area contributed by atoms with Crippen molar-refractivity contribution in [2.45, 2.75) is 57.0 Å². The highest BCUT2D eigenvalue weighted by Gasteiger charge is 2.37. The van der Waals surface area contributed by atoms with Crippen molar-refractivity contribution in [2.24, 2.45) is 5.73 Å². The Balaban J connectivity index is 2.59. The van der Waals surface area contributed by atoms with Crippen LogP contribution in [0.15, 0.2) is 0 Å². The summed E-state index contributed by atoms with van der Waals surface area (Å²) < 4.78 is 0. The van der Waals surface area contributed by atoms with Crippen LogP contribution in [0.2, 0.25) is 0 Å². The average Bonchev–Trinajstić information content (AvgIpc) is 2.18. The molecule has 1 saturated carbocycles. The quantitative estimate of drug-likeness (QED) is 0.641. The minimum atomic E-state index is -0.718. The smallest absolute Gasteiger partial charge is 0.240 e. The third kappa shape index (κ3) is 3.18. The van der Waals surface area contributed by atoms with Crippen LogP contribution in [0.1, 0.15) is 46.0 Å². The van der Waals surface area contributed by atoms with Gasteiger partial charge in [0, 0.05) is 0 Å². The third-order valence-corrected chi connectivity index (χ3v) is 3.05. The highest BCUT2D eigenvalue weighted by Crippen LogP contribution is 2.26. The largest absolute Gasteiger partial charge is 0.394 e. The number of hydrogen-bond acceptors (Lipinski definition) is 3. The maximum Gasteiger partial charge on any atom is 0.240 e. The number of aliphatic hydroxyl groups excluding tert-OH is 1. The van der Waals surface area contributed by atoms with E-state index in [1.165, 1.54) is 0 Å². The average molecular weight is 214 g/mol. The summed E-state index contributed by atoms with van der Waals surface area (Å²) in [5.74, 6) is -0.124. The molecule has 4 N–H and O–H groups in total. The van der Waals surface area contributed by atoms with E-state index < -0.39 is 11.1 Å². The normalized spacial score (nSPS) is 21.1. The van der Waals surface area contributed by atoms with E-state index in [2.05, 4.69) is 5.32 Å². The minimum Gasteiger partial charge on any atom is -0.394 e. The van der Waals surface area contributed by atoms with E-state index in [4.69, 9.17) is 10.8 Å². The van der Waals surface area contributed by atoms with Crippen LogP contribution in [0, 0.1) is 0 Å². The van der Waals surface area contributed by atoms with Crippen molar-refractivity contribution >= 4 is 5.91 Å². The van der Waals surface area contributed by atoms with Crippen molar-refractivity contribution < 1.29 is 9.90 Å². The van der Waals surface area contributed by atoms with Crippen LogP contribution in [0.4, 0.5) is 0 Å². The summed E-state index contributed by atoms with van der Waals surface area (Å²) in [6.45, 7) is 3.50. The van der Waals surface area contributed by atoms with Gasteiger partial charge in [0.25, 0.3) is 0 Å². The first-order valence-electron chi connectivity index (χ1n) is 5.62. The van der Waals surface area contributed by atoms with E-state index in [0.29, 0.717) is 0 Å². The SMILES string of the molecule is CC(C)(CO)NC(=O)C1(N)CCCCC1. The Bertz CT molecular complexity index is 233. The van der Waals surface area contributed by atoms with Crippen LogP contribution >= 0.6 is 0 Å². The molecule has 0 aromatic rings. The number of carbonyl (C=O) groups is 1. The van der Waals surface area contributed by atoms with E-state index in [9.17, 15) is 4.79 Å². The molecule has 1 aliphatic rings. The molecule has 0 bridgehead atoms. The number of carbonyl (C=O) groups excluding carboxylic acids is 1. The molecule has 0 atom stereocenters. The van der Waals surface area contributed by atoms with Gasteiger partial charge in [-0.3, -0.25) is 4.79 Å². The zero-order chi connectivity index (χ0) is 11.5. The second-order valence-corrected chi connectivity index (χ2v) is 5.21. The van der Waals surface area contributed by atoms with Gasteiger partial charge in [-0.25, -0.2) is 0 Å². The van der Waals surface area contributed by atoms with Gasteiger partial charge in [-0.05, 0) is 26.7 Å². The molecular formula is C11H22N2O2. The molecule has 0 saturated heterocycles. The molecule has 88 valence electrons. The monoisotopic (exact) mass is 214 g/mol. The Morgan fingerprint density at radius 2 is 1.93 bits per heavy atom. The molecule has 1 amide bonds. The Kier molecular flexibility index (Phi) is 3.73. The van der Waals surface area contributed by atoms with E-state index in [1.54, 1.807) is 13.8 Å². The van der Waals surface area contributed by atoms with Crippen LogP contribution < -0.4 is 11.1 Å². The molecular weight excluding hydrogens is 192 g/mol. The lowest BCUT2D eigenvalue weighted by Crippen LogP contribution is -2.60. The number of nitrogens with one attached hydrogen (secondary N) is 1. The molecule has 0 unspecified atom stereocenters. The van der Waals surface area contributed by atoms with Crippen molar-refractivity contribution in [1.29, 1.82) is 0 Å². The van der Waals surface area contributed by atoms with Gasteiger partial charge in [-0.15, -0.1) is 0 Å². The molecule has 0 heterocycles.